The van der Waals surface area contributed by atoms with Crippen LogP contribution in [0.5, 0.6) is 0 Å². The second kappa shape index (κ2) is 9.07. The second-order valence-corrected chi connectivity index (χ2v) is 7.81. The van der Waals surface area contributed by atoms with Crippen molar-refractivity contribution >= 4 is 11.6 Å². The molecule has 0 spiro atoms. The molecule has 2 aromatic rings. The highest BCUT2D eigenvalue weighted by molar-refractivity contribution is 5.58. The quantitative estimate of drug-likeness (QED) is 0.745. The van der Waals surface area contributed by atoms with E-state index in [0.29, 0.717) is 13.1 Å². The maximum absolute atomic E-state index is 13.2. The molecule has 0 bridgehead atoms. The summed E-state index contributed by atoms with van der Waals surface area (Å²) < 4.78 is 7.28. The van der Waals surface area contributed by atoms with Crippen LogP contribution >= 0.6 is 0 Å². The van der Waals surface area contributed by atoms with Gasteiger partial charge in [0.1, 0.15) is 0 Å². The smallest absolute Gasteiger partial charge is 0.259 e. The molecule has 2 aliphatic heterocycles. The Bertz CT molecular complexity index is 877. The SMILES string of the molecule is CCc1c(C)nc2n(c1=O)CN(CCCN1CCOCC1)CN2c1ccccc1. The van der Waals surface area contributed by atoms with E-state index in [1.807, 2.05) is 36.6 Å². The fraction of sp³-hybridized carbons (Fsp3) is 0.545. The van der Waals surface area contributed by atoms with Gasteiger partial charge in [0.05, 0.1) is 26.6 Å². The third-order valence-corrected chi connectivity index (χ3v) is 5.85. The van der Waals surface area contributed by atoms with Crippen molar-refractivity contribution in [2.75, 3.05) is 51.0 Å². The predicted molar refractivity (Wildman–Crippen MR) is 115 cm³/mol. The Kier molecular flexibility index (Phi) is 6.28. The highest BCUT2D eigenvalue weighted by atomic mass is 16.5. The number of para-hydroxylation sites is 1. The fourth-order valence-corrected chi connectivity index (χ4v) is 4.22. The van der Waals surface area contributed by atoms with Gasteiger partial charge in [-0.25, -0.2) is 4.98 Å². The lowest BCUT2D eigenvalue weighted by atomic mass is 10.2. The van der Waals surface area contributed by atoms with E-state index >= 15 is 0 Å². The maximum Gasteiger partial charge on any atom is 0.259 e. The van der Waals surface area contributed by atoms with E-state index in [-0.39, 0.29) is 5.56 Å². The van der Waals surface area contributed by atoms with Crippen LogP contribution in [-0.4, -0.2) is 65.4 Å². The highest BCUT2D eigenvalue weighted by Crippen LogP contribution is 2.27. The van der Waals surface area contributed by atoms with Crippen molar-refractivity contribution < 1.29 is 4.74 Å². The minimum absolute atomic E-state index is 0.0915. The van der Waals surface area contributed by atoms with Crippen molar-refractivity contribution in [2.24, 2.45) is 0 Å². The molecular weight excluding hydrogens is 366 g/mol. The molecule has 0 atom stereocenters. The lowest BCUT2D eigenvalue weighted by Crippen LogP contribution is -2.48. The number of fused-ring (bicyclic) bond motifs is 1. The molecule has 0 aliphatic carbocycles. The monoisotopic (exact) mass is 397 g/mol. The molecular formula is C22H31N5O2. The Morgan fingerprint density at radius 1 is 1.03 bits per heavy atom. The molecule has 1 saturated heterocycles. The van der Waals surface area contributed by atoms with Crippen molar-refractivity contribution in [3.05, 3.63) is 51.9 Å². The van der Waals surface area contributed by atoms with E-state index in [4.69, 9.17) is 9.72 Å². The summed E-state index contributed by atoms with van der Waals surface area (Å²) in [6, 6.07) is 10.2. The van der Waals surface area contributed by atoms with Crippen molar-refractivity contribution in [3.63, 3.8) is 0 Å². The first kappa shape index (κ1) is 20.1. The molecule has 2 aliphatic rings. The summed E-state index contributed by atoms with van der Waals surface area (Å²) in [5, 5.41) is 0. The number of nitrogens with zero attached hydrogens (tertiary/aromatic N) is 5. The highest BCUT2D eigenvalue weighted by Gasteiger charge is 2.27. The number of hydrogen-bond donors (Lipinski definition) is 0. The molecule has 1 aromatic carbocycles. The summed E-state index contributed by atoms with van der Waals surface area (Å²) in [5.41, 5.74) is 2.81. The average Bonchev–Trinajstić information content (AvgIpc) is 2.75. The first-order valence-electron chi connectivity index (χ1n) is 10.6. The van der Waals surface area contributed by atoms with Gasteiger partial charge >= 0.3 is 0 Å². The Hall–Kier alpha value is -2.22. The molecule has 0 radical (unpaired) electrons. The Morgan fingerprint density at radius 3 is 2.48 bits per heavy atom. The van der Waals surface area contributed by atoms with E-state index in [1.165, 1.54) is 0 Å². The normalized spacial score (nSPS) is 18.1. The number of aromatic nitrogens is 2. The third kappa shape index (κ3) is 4.37. The predicted octanol–water partition coefficient (Wildman–Crippen LogP) is 2.21. The van der Waals surface area contributed by atoms with E-state index in [0.717, 1.165) is 75.4 Å². The number of morpholine rings is 1. The zero-order chi connectivity index (χ0) is 20.2. The van der Waals surface area contributed by atoms with Crippen molar-refractivity contribution in [1.82, 2.24) is 19.4 Å². The molecule has 7 heteroatoms. The Morgan fingerprint density at radius 2 is 1.76 bits per heavy atom. The number of anilines is 2. The largest absolute Gasteiger partial charge is 0.379 e. The molecule has 0 unspecified atom stereocenters. The molecule has 3 heterocycles. The van der Waals surface area contributed by atoms with Crippen molar-refractivity contribution in [3.8, 4) is 0 Å². The van der Waals surface area contributed by atoms with Gasteiger partial charge in [0.2, 0.25) is 5.95 Å². The lowest BCUT2D eigenvalue weighted by molar-refractivity contribution is 0.0354. The fourth-order valence-electron chi connectivity index (χ4n) is 4.22. The Labute approximate surface area is 172 Å². The standard InChI is InChI=1S/C22H31N5O2/c1-3-20-18(2)23-22-26(19-8-5-4-6-9-19)16-25(17-27(22)21(20)28)11-7-10-24-12-14-29-15-13-24/h4-6,8-9H,3,7,10-17H2,1-2H3. The summed E-state index contributed by atoms with van der Waals surface area (Å²) >= 11 is 0. The van der Waals surface area contributed by atoms with Crippen LogP contribution in [0, 0.1) is 6.92 Å². The number of hydrogen-bond acceptors (Lipinski definition) is 6. The molecule has 4 rings (SSSR count). The maximum atomic E-state index is 13.2. The summed E-state index contributed by atoms with van der Waals surface area (Å²) in [7, 11) is 0. The van der Waals surface area contributed by atoms with Gasteiger partial charge in [0.25, 0.3) is 5.56 Å². The molecule has 1 aromatic heterocycles. The number of aryl methyl sites for hydroxylation is 1. The zero-order valence-corrected chi connectivity index (χ0v) is 17.5. The molecule has 0 saturated carbocycles. The number of benzene rings is 1. The van der Waals surface area contributed by atoms with E-state index in [1.54, 1.807) is 0 Å². The summed E-state index contributed by atoms with van der Waals surface area (Å²) in [5.74, 6) is 0.750. The minimum atomic E-state index is 0.0915. The van der Waals surface area contributed by atoms with Crippen LogP contribution in [0.4, 0.5) is 11.6 Å². The van der Waals surface area contributed by atoms with Crippen LogP contribution in [0.3, 0.4) is 0 Å². The lowest BCUT2D eigenvalue weighted by Gasteiger charge is -2.38. The van der Waals surface area contributed by atoms with E-state index < -0.39 is 0 Å². The van der Waals surface area contributed by atoms with Gasteiger partial charge in [-0.15, -0.1) is 0 Å². The van der Waals surface area contributed by atoms with Crippen LogP contribution in [-0.2, 0) is 17.8 Å². The van der Waals surface area contributed by atoms with Crippen LogP contribution < -0.4 is 10.5 Å². The van der Waals surface area contributed by atoms with Crippen LogP contribution in [0.1, 0.15) is 24.6 Å². The van der Waals surface area contributed by atoms with Gasteiger partial charge in [0.15, 0.2) is 0 Å². The minimum Gasteiger partial charge on any atom is -0.379 e. The van der Waals surface area contributed by atoms with E-state index in [9.17, 15) is 4.79 Å². The summed E-state index contributed by atoms with van der Waals surface area (Å²) in [4.78, 5) is 25.0. The van der Waals surface area contributed by atoms with Gasteiger partial charge in [-0.1, -0.05) is 25.1 Å². The van der Waals surface area contributed by atoms with Crippen molar-refractivity contribution in [1.29, 1.82) is 0 Å². The molecule has 1 fully saturated rings. The molecule has 0 amide bonds. The summed E-state index contributed by atoms with van der Waals surface area (Å²) in [6.07, 6.45) is 1.78. The van der Waals surface area contributed by atoms with Gasteiger partial charge in [-0.2, -0.15) is 0 Å². The third-order valence-electron chi connectivity index (χ3n) is 5.85. The van der Waals surface area contributed by atoms with Gasteiger partial charge in [0, 0.05) is 36.6 Å². The number of rotatable bonds is 6. The summed E-state index contributed by atoms with van der Waals surface area (Å²) in [6.45, 7) is 11.0. The van der Waals surface area contributed by atoms with Crippen molar-refractivity contribution in [2.45, 2.75) is 33.4 Å². The van der Waals surface area contributed by atoms with Gasteiger partial charge in [-0.05, 0) is 38.4 Å². The first-order chi connectivity index (χ1) is 14.2. The first-order valence-corrected chi connectivity index (χ1v) is 10.6. The zero-order valence-electron chi connectivity index (χ0n) is 17.5. The molecule has 0 N–H and O–H groups in total. The average molecular weight is 398 g/mol. The van der Waals surface area contributed by atoms with Gasteiger partial charge in [-0.3, -0.25) is 24.1 Å². The van der Waals surface area contributed by atoms with Crippen LogP contribution in [0.2, 0.25) is 0 Å². The molecule has 156 valence electrons. The second-order valence-electron chi connectivity index (χ2n) is 7.81. The van der Waals surface area contributed by atoms with Crippen LogP contribution in [0.25, 0.3) is 0 Å². The molecule has 29 heavy (non-hydrogen) atoms. The molecule has 7 nitrogen and oxygen atoms in total. The van der Waals surface area contributed by atoms with Gasteiger partial charge < -0.3 is 4.74 Å². The Balaban J connectivity index is 1.56. The van der Waals surface area contributed by atoms with E-state index in [2.05, 4.69) is 26.8 Å². The number of ether oxygens (including phenoxy) is 1. The topological polar surface area (TPSA) is 53.8 Å². The van der Waals surface area contributed by atoms with Crippen LogP contribution in [0.15, 0.2) is 35.1 Å².